The number of aryl methyl sites for hydroxylation is 1. The second kappa shape index (κ2) is 7.67. The lowest BCUT2D eigenvalue weighted by Crippen LogP contribution is -2.20. The molecule has 0 atom stereocenters. The van der Waals surface area contributed by atoms with Crippen LogP contribution in [0.2, 0.25) is 0 Å². The molecule has 27 heavy (non-hydrogen) atoms. The van der Waals surface area contributed by atoms with Crippen LogP contribution in [-0.2, 0) is 5.41 Å². The summed E-state index contributed by atoms with van der Waals surface area (Å²) in [5, 5.41) is 9.01. The third kappa shape index (κ3) is 5.29. The molecule has 1 heterocycles. The smallest absolute Gasteiger partial charge is 0.337 e. The van der Waals surface area contributed by atoms with E-state index >= 15 is 0 Å². The zero-order valence-electron chi connectivity index (χ0n) is 17.4. The van der Waals surface area contributed by atoms with E-state index in [9.17, 15) is 4.79 Å². The van der Waals surface area contributed by atoms with Crippen molar-refractivity contribution in [2.45, 2.75) is 59.8 Å². The van der Waals surface area contributed by atoms with Gasteiger partial charge in [-0.05, 0) is 59.4 Å². The van der Waals surface area contributed by atoms with Crippen LogP contribution in [0.5, 0.6) is 0 Å². The Hall–Kier alpha value is -2.42. The fourth-order valence-corrected chi connectivity index (χ4v) is 3.09. The Bertz CT molecular complexity index is 840. The maximum atomic E-state index is 11.0. The largest absolute Gasteiger partial charge is 0.478 e. The van der Waals surface area contributed by atoms with Crippen LogP contribution in [0.25, 0.3) is 5.57 Å². The minimum atomic E-state index is -0.974. The van der Waals surface area contributed by atoms with Crippen molar-refractivity contribution < 1.29 is 9.90 Å². The van der Waals surface area contributed by atoms with Crippen molar-refractivity contribution in [3.05, 3.63) is 71.1 Å². The van der Waals surface area contributed by atoms with Crippen LogP contribution in [-0.4, -0.2) is 16.1 Å². The van der Waals surface area contributed by atoms with Crippen LogP contribution in [0.1, 0.15) is 80.2 Å². The number of carboxylic acid groups (broad SMARTS) is 1. The summed E-state index contributed by atoms with van der Waals surface area (Å²) in [5.74, 6) is -0.974. The third-order valence-electron chi connectivity index (χ3n) is 5.15. The molecule has 0 bridgehead atoms. The van der Waals surface area contributed by atoms with Crippen molar-refractivity contribution in [2.75, 3.05) is 0 Å². The van der Waals surface area contributed by atoms with Crippen LogP contribution < -0.4 is 0 Å². The summed E-state index contributed by atoms with van der Waals surface area (Å²) in [7, 11) is 0. The lowest BCUT2D eigenvalue weighted by atomic mass is 9.75. The molecule has 2 rings (SSSR count). The van der Waals surface area contributed by atoms with Crippen molar-refractivity contribution in [3.63, 3.8) is 0 Å². The number of hydrogen-bond donors (Lipinski definition) is 1. The number of pyridine rings is 1. The van der Waals surface area contributed by atoms with E-state index in [-0.39, 0.29) is 11.0 Å². The van der Waals surface area contributed by atoms with Gasteiger partial charge in [0.15, 0.2) is 0 Å². The zero-order valence-corrected chi connectivity index (χ0v) is 17.4. The molecule has 0 unspecified atom stereocenters. The van der Waals surface area contributed by atoms with E-state index in [1.54, 1.807) is 12.1 Å². The van der Waals surface area contributed by atoms with Gasteiger partial charge in [0.2, 0.25) is 0 Å². The van der Waals surface area contributed by atoms with Gasteiger partial charge in [-0.3, -0.25) is 4.98 Å². The Morgan fingerprint density at radius 1 is 1.07 bits per heavy atom. The first-order valence-electron chi connectivity index (χ1n) is 9.41. The molecule has 0 saturated carbocycles. The van der Waals surface area contributed by atoms with Crippen molar-refractivity contribution in [3.8, 4) is 0 Å². The second-order valence-electron chi connectivity index (χ2n) is 9.19. The number of benzene rings is 1. The highest BCUT2D eigenvalue weighted by molar-refractivity contribution is 5.88. The molecule has 0 spiro atoms. The number of carboxylic acids is 1. The zero-order chi connectivity index (χ0) is 20.4. The molecule has 1 aromatic heterocycles. The minimum Gasteiger partial charge on any atom is -0.478 e. The summed E-state index contributed by atoms with van der Waals surface area (Å²) < 4.78 is 0. The van der Waals surface area contributed by atoms with Crippen LogP contribution in [0.15, 0.2) is 43.1 Å². The van der Waals surface area contributed by atoms with Crippen molar-refractivity contribution in [1.82, 2.24) is 4.98 Å². The van der Waals surface area contributed by atoms with E-state index in [4.69, 9.17) is 5.11 Å². The van der Waals surface area contributed by atoms with Gasteiger partial charge in [-0.2, -0.15) is 0 Å². The molecule has 0 fully saturated rings. The number of nitrogens with zero attached hydrogens (tertiary/aromatic N) is 1. The van der Waals surface area contributed by atoms with Gasteiger partial charge in [-0.15, -0.1) is 0 Å². The number of aromatic carboxylic acids is 1. The fraction of sp³-hybridized carbons (Fsp3) is 0.417. The standard InChI is InChI=1S/C24H31NO2/c1-16-14-19(24(6,7)13-12-23(3,4)5)9-10-20(16)17(2)21-11-8-18(15-25-21)22(26)27/h8-11,14-15H,2,12-13H2,1,3-7H3,(H,26,27). The highest BCUT2D eigenvalue weighted by atomic mass is 16.4. The molecule has 3 heteroatoms. The highest BCUT2D eigenvalue weighted by Crippen LogP contribution is 2.35. The first kappa shape index (κ1) is 20.9. The highest BCUT2D eigenvalue weighted by Gasteiger charge is 2.24. The molecule has 3 nitrogen and oxygen atoms in total. The molecule has 2 aromatic rings. The van der Waals surface area contributed by atoms with Gasteiger partial charge in [0, 0.05) is 11.8 Å². The Morgan fingerprint density at radius 3 is 2.22 bits per heavy atom. The van der Waals surface area contributed by atoms with Crippen molar-refractivity contribution in [1.29, 1.82) is 0 Å². The molecular weight excluding hydrogens is 334 g/mol. The SMILES string of the molecule is C=C(c1ccc(C(=O)O)cn1)c1ccc(C(C)(C)CCC(C)(C)C)cc1C. The lowest BCUT2D eigenvalue weighted by molar-refractivity contribution is 0.0696. The normalized spacial score (nSPS) is 12.1. The van der Waals surface area contributed by atoms with Gasteiger partial charge in [-0.25, -0.2) is 4.79 Å². The molecule has 144 valence electrons. The van der Waals surface area contributed by atoms with Gasteiger partial charge in [0.25, 0.3) is 0 Å². The van der Waals surface area contributed by atoms with E-state index in [1.807, 2.05) is 0 Å². The maximum Gasteiger partial charge on any atom is 0.337 e. The van der Waals surface area contributed by atoms with E-state index in [2.05, 4.69) is 71.3 Å². The van der Waals surface area contributed by atoms with E-state index in [0.29, 0.717) is 11.1 Å². The quantitative estimate of drug-likeness (QED) is 0.658. The van der Waals surface area contributed by atoms with Crippen LogP contribution in [0.3, 0.4) is 0 Å². The van der Waals surface area contributed by atoms with E-state index in [0.717, 1.165) is 23.1 Å². The monoisotopic (exact) mass is 365 g/mol. The molecule has 0 saturated heterocycles. The first-order valence-corrected chi connectivity index (χ1v) is 9.41. The molecule has 1 N–H and O–H groups in total. The fourth-order valence-electron chi connectivity index (χ4n) is 3.09. The number of aromatic nitrogens is 1. The Labute approximate surface area is 163 Å². The van der Waals surface area contributed by atoms with Crippen LogP contribution >= 0.6 is 0 Å². The number of carbonyl (C=O) groups is 1. The predicted molar refractivity (Wildman–Crippen MR) is 112 cm³/mol. The topological polar surface area (TPSA) is 50.2 Å². The van der Waals surface area contributed by atoms with Crippen molar-refractivity contribution >= 4 is 11.5 Å². The van der Waals surface area contributed by atoms with Crippen LogP contribution in [0, 0.1) is 12.3 Å². The molecule has 1 aromatic carbocycles. The number of rotatable bonds is 6. The van der Waals surface area contributed by atoms with Gasteiger partial charge in [-0.1, -0.05) is 59.4 Å². The minimum absolute atomic E-state index is 0.110. The summed E-state index contributed by atoms with van der Waals surface area (Å²) in [4.78, 5) is 15.3. The maximum absolute atomic E-state index is 11.0. The second-order valence-corrected chi connectivity index (χ2v) is 9.19. The van der Waals surface area contributed by atoms with Gasteiger partial charge in [0.05, 0.1) is 11.3 Å². The Morgan fingerprint density at radius 2 is 1.74 bits per heavy atom. The van der Waals surface area contributed by atoms with Crippen LogP contribution in [0.4, 0.5) is 0 Å². The third-order valence-corrected chi connectivity index (χ3v) is 5.15. The van der Waals surface area contributed by atoms with E-state index in [1.165, 1.54) is 18.2 Å². The molecule has 0 aliphatic rings. The predicted octanol–water partition coefficient (Wildman–Crippen LogP) is 6.25. The summed E-state index contributed by atoms with van der Waals surface area (Å²) in [6.45, 7) is 17.7. The van der Waals surface area contributed by atoms with E-state index < -0.39 is 5.97 Å². The molecule has 0 aliphatic heterocycles. The molecule has 0 aliphatic carbocycles. The summed E-state index contributed by atoms with van der Waals surface area (Å²) in [5.41, 5.74) is 5.65. The van der Waals surface area contributed by atoms with Gasteiger partial charge in [0.1, 0.15) is 0 Å². The molecule has 0 radical (unpaired) electrons. The summed E-state index contributed by atoms with van der Waals surface area (Å²) in [6.07, 6.45) is 3.68. The van der Waals surface area contributed by atoms with Gasteiger partial charge >= 0.3 is 5.97 Å². The summed E-state index contributed by atoms with van der Waals surface area (Å²) >= 11 is 0. The van der Waals surface area contributed by atoms with Crippen molar-refractivity contribution in [2.24, 2.45) is 5.41 Å². The number of hydrogen-bond acceptors (Lipinski definition) is 2. The molecule has 0 amide bonds. The summed E-state index contributed by atoms with van der Waals surface area (Å²) in [6, 6.07) is 9.82. The Balaban J connectivity index is 2.25. The van der Waals surface area contributed by atoms with Gasteiger partial charge < -0.3 is 5.11 Å². The first-order chi connectivity index (χ1) is 12.4. The Kier molecular flexibility index (Phi) is 5.94. The lowest BCUT2D eigenvalue weighted by Gasteiger charge is -2.30. The average Bonchev–Trinajstić information content (AvgIpc) is 2.59. The average molecular weight is 366 g/mol. The molecular formula is C24H31NO2.